The van der Waals surface area contributed by atoms with Crippen LogP contribution in [-0.2, 0) is 9.53 Å². The summed E-state index contributed by atoms with van der Waals surface area (Å²) in [5.74, 6) is 1.14. The Balaban J connectivity index is 1.66. The maximum atomic E-state index is 11.2. The van der Waals surface area contributed by atoms with E-state index in [1.54, 1.807) is 17.9 Å². The Morgan fingerprint density at radius 2 is 1.89 bits per heavy atom. The van der Waals surface area contributed by atoms with Crippen molar-refractivity contribution in [2.24, 2.45) is 0 Å². The minimum absolute atomic E-state index is 0.0960. The number of unbranched alkanes of at least 4 members (excludes halogenated alkanes) is 2. The van der Waals surface area contributed by atoms with Gasteiger partial charge >= 0.3 is 0 Å². The van der Waals surface area contributed by atoms with Crippen molar-refractivity contribution in [3.05, 3.63) is 12.4 Å². The first-order chi connectivity index (χ1) is 17.0. The lowest BCUT2D eigenvalue weighted by Crippen LogP contribution is -2.37. The molecule has 13 nitrogen and oxygen atoms in total. The quantitative estimate of drug-likeness (QED) is 0.188. The number of nitrogen functional groups attached to an aromatic ring is 1. The molecule has 0 bridgehead atoms. The average molecular weight is 485 g/mol. The second kappa shape index (κ2) is 11.2. The summed E-state index contributed by atoms with van der Waals surface area (Å²) in [4.78, 5) is 36.2. The van der Waals surface area contributed by atoms with Crippen molar-refractivity contribution in [3.63, 3.8) is 0 Å². The summed E-state index contributed by atoms with van der Waals surface area (Å²) in [5, 5.41) is 12.0. The lowest BCUT2D eigenvalue weighted by molar-refractivity contribution is -0.129. The third-order valence-electron chi connectivity index (χ3n) is 5.77. The summed E-state index contributed by atoms with van der Waals surface area (Å²) >= 11 is 0. The van der Waals surface area contributed by atoms with Crippen LogP contribution in [0.25, 0.3) is 22.4 Å². The van der Waals surface area contributed by atoms with Crippen LogP contribution in [0, 0.1) is 0 Å². The molecule has 0 radical (unpaired) electrons. The van der Waals surface area contributed by atoms with Gasteiger partial charge in [-0.15, -0.1) is 0 Å². The average Bonchev–Trinajstić information content (AvgIpc) is 3.25. The molecule has 0 unspecified atom stereocenters. The molecule has 4 heterocycles. The van der Waals surface area contributed by atoms with E-state index in [-0.39, 0.29) is 17.9 Å². The molecule has 0 aliphatic carbocycles. The van der Waals surface area contributed by atoms with Crippen LogP contribution >= 0.6 is 0 Å². The molecule has 13 heteroatoms. The van der Waals surface area contributed by atoms with Crippen LogP contribution in [0.3, 0.4) is 0 Å². The van der Waals surface area contributed by atoms with Gasteiger partial charge < -0.3 is 20.7 Å². The van der Waals surface area contributed by atoms with E-state index in [9.17, 15) is 4.79 Å². The zero-order valence-corrected chi connectivity index (χ0v) is 20.1. The summed E-state index contributed by atoms with van der Waals surface area (Å²) in [5.41, 5.74) is 10.1. The molecule has 35 heavy (non-hydrogen) atoms. The van der Waals surface area contributed by atoms with Crippen molar-refractivity contribution < 1.29 is 14.7 Å². The number of imidazole rings is 1. The maximum Gasteiger partial charge on any atom is 0.243 e. The highest BCUT2D eigenvalue weighted by Crippen LogP contribution is 2.32. The lowest BCUT2D eigenvalue weighted by atomic mass is 10.2. The number of amides is 1. The van der Waals surface area contributed by atoms with Crippen LogP contribution in [0.2, 0.25) is 0 Å². The second-order valence-electron chi connectivity index (χ2n) is 8.65. The molecule has 4 rings (SSSR count). The molecule has 5 N–H and O–H groups in total. The summed E-state index contributed by atoms with van der Waals surface area (Å²) in [6.07, 6.45) is 5.99. The van der Waals surface area contributed by atoms with Gasteiger partial charge in [0, 0.05) is 50.1 Å². The molecule has 0 saturated carbocycles. The van der Waals surface area contributed by atoms with E-state index in [2.05, 4.69) is 38.6 Å². The zero-order chi connectivity index (χ0) is 24.8. The first-order valence-corrected chi connectivity index (χ1v) is 11.8. The van der Waals surface area contributed by atoms with Gasteiger partial charge in [0.2, 0.25) is 23.8 Å². The van der Waals surface area contributed by atoms with E-state index >= 15 is 0 Å². The fraction of sp³-hybridized carbons (Fsp3) is 0.545. The molecular formula is C22H32N10O3. The Labute approximate surface area is 203 Å². The zero-order valence-electron chi connectivity index (χ0n) is 20.1. The molecule has 1 saturated heterocycles. The highest BCUT2D eigenvalue weighted by atomic mass is 16.5. The van der Waals surface area contributed by atoms with Crippen molar-refractivity contribution in [2.75, 3.05) is 48.8 Å². The van der Waals surface area contributed by atoms with Crippen LogP contribution in [0.1, 0.15) is 45.6 Å². The van der Waals surface area contributed by atoms with E-state index < -0.39 is 0 Å². The van der Waals surface area contributed by atoms with Gasteiger partial charge in [-0.1, -0.05) is 6.42 Å². The third-order valence-corrected chi connectivity index (χ3v) is 5.77. The standard InChI is InChI=1S/C22H32N10O3/c1-14(2)32-19-18(28-21(32)24-7-5-3-4-6-16(33)30-34)17(15-12-25-20(23)26-13-15)27-22(29-19)31-8-10-35-11-9-31/h12-14,34H,3-11H2,1-2H3,(H,24,28)(H,30,33)(H2,23,25,26). The van der Waals surface area contributed by atoms with E-state index in [0.717, 1.165) is 18.5 Å². The topological polar surface area (TPSA) is 169 Å². The van der Waals surface area contributed by atoms with E-state index in [4.69, 9.17) is 30.6 Å². The van der Waals surface area contributed by atoms with Gasteiger partial charge in [0.15, 0.2) is 5.65 Å². The van der Waals surface area contributed by atoms with Gasteiger partial charge in [-0.3, -0.25) is 14.6 Å². The molecule has 0 atom stereocenters. The molecule has 1 amide bonds. The Morgan fingerprint density at radius 3 is 2.57 bits per heavy atom. The molecule has 3 aromatic heterocycles. The van der Waals surface area contributed by atoms with Gasteiger partial charge in [0.25, 0.3) is 0 Å². The van der Waals surface area contributed by atoms with Crippen molar-refractivity contribution in [3.8, 4) is 11.3 Å². The third kappa shape index (κ3) is 5.74. The van der Waals surface area contributed by atoms with Crippen molar-refractivity contribution in [1.82, 2.24) is 35.0 Å². The monoisotopic (exact) mass is 484 g/mol. The van der Waals surface area contributed by atoms with Crippen LogP contribution in [0.5, 0.6) is 0 Å². The smallest absolute Gasteiger partial charge is 0.243 e. The molecule has 0 aromatic carbocycles. The van der Waals surface area contributed by atoms with Crippen molar-refractivity contribution in [1.29, 1.82) is 0 Å². The number of hydrogen-bond acceptors (Lipinski definition) is 11. The van der Waals surface area contributed by atoms with E-state index in [0.29, 0.717) is 74.4 Å². The second-order valence-corrected chi connectivity index (χ2v) is 8.65. The number of aromatic nitrogens is 6. The minimum Gasteiger partial charge on any atom is -0.378 e. The van der Waals surface area contributed by atoms with E-state index in [1.165, 1.54) is 0 Å². The number of anilines is 3. The molecule has 0 spiro atoms. The Bertz CT molecular complexity index is 1140. The fourth-order valence-electron chi connectivity index (χ4n) is 3.99. The minimum atomic E-state index is -0.367. The van der Waals surface area contributed by atoms with Gasteiger partial charge in [-0.2, -0.15) is 4.98 Å². The SMILES string of the molecule is CC(C)n1c(NCCCCCC(=O)NO)nc2c(-c3cnc(N)nc3)nc(N3CCOCC3)nc21. The Hall–Kier alpha value is -3.58. The van der Waals surface area contributed by atoms with Crippen LogP contribution in [0.4, 0.5) is 17.8 Å². The van der Waals surface area contributed by atoms with Gasteiger partial charge in [-0.25, -0.2) is 25.4 Å². The number of carbonyl (C=O) groups excluding carboxylic acids is 1. The normalized spacial score (nSPS) is 14.0. The van der Waals surface area contributed by atoms with Crippen molar-refractivity contribution >= 4 is 34.9 Å². The number of carbonyl (C=O) groups is 1. The maximum absolute atomic E-state index is 11.2. The van der Waals surface area contributed by atoms with Crippen LogP contribution in [0.15, 0.2) is 12.4 Å². The molecule has 3 aromatic rings. The van der Waals surface area contributed by atoms with Crippen LogP contribution < -0.4 is 21.4 Å². The number of nitrogens with one attached hydrogen (secondary N) is 2. The highest BCUT2D eigenvalue weighted by Gasteiger charge is 2.23. The first kappa shape index (κ1) is 24.5. The summed E-state index contributed by atoms with van der Waals surface area (Å²) in [7, 11) is 0. The predicted molar refractivity (Wildman–Crippen MR) is 131 cm³/mol. The molecular weight excluding hydrogens is 452 g/mol. The number of fused-ring (bicyclic) bond motifs is 1. The van der Waals surface area contributed by atoms with Gasteiger partial charge in [0.05, 0.1) is 13.2 Å². The number of rotatable bonds is 10. The molecule has 1 aliphatic rings. The van der Waals surface area contributed by atoms with Gasteiger partial charge in [0.1, 0.15) is 11.2 Å². The number of ether oxygens (including phenoxy) is 1. The number of nitrogens with zero attached hydrogens (tertiary/aromatic N) is 7. The first-order valence-electron chi connectivity index (χ1n) is 11.8. The number of hydroxylamine groups is 1. The largest absolute Gasteiger partial charge is 0.378 e. The number of nitrogens with two attached hydrogens (primary N) is 1. The number of morpholine rings is 1. The predicted octanol–water partition coefficient (Wildman–Crippen LogP) is 1.76. The van der Waals surface area contributed by atoms with Crippen LogP contribution in [-0.4, -0.2) is 73.4 Å². The molecule has 188 valence electrons. The Morgan fingerprint density at radius 1 is 1.14 bits per heavy atom. The molecule has 1 aliphatic heterocycles. The number of hydrogen-bond donors (Lipinski definition) is 4. The van der Waals surface area contributed by atoms with Gasteiger partial charge in [-0.05, 0) is 26.7 Å². The lowest BCUT2D eigenvalue weighted by Gasteiger charge is -2.27. The van der Waals surface area contributed by atoms with E-state index in [1.807, 2.05) is 0 Å². The summed E-state index contributed by atoms with van der Waals surface area (Å²) in [6, 6.07) is 0.0960. The molecule has 1 fully saturated rings. The highest BCUT2D eigenvalue weighted by molar-refractivity contribution is 5.90. The fourth-order valence-corrected chi connectivity index (χ4v) is 3.99. The summed E-state index contributed by atoms with van der Waals surface area (Å²) < 4.78 is 7.57. The van der Waals surface area contributed by atoms with Crippen molar-refractivity contribution in [2.45, 2.75) is 45.6 Å². The Kier molecular flexibility index (Phi) is 7.87. The summed E-state index contributed by atoms with van der Waals surface area (Å²) in [6.45, 7) is 7.51.